The fourth-order valence-electron chi connectivity index (χ4n) is 3.71. The highest BCUT2D eigenvalue weighted by Gasteiger charge is 2.39. The summed E-state index contributed by atoms with van der Waals surface area (Å²) in [6, 6.07) is 7.44. The Morgan fingerprint density at radius 1 is 1.12 bits per heavy atom. The summed E-state index contributed by atoms with van der Waals surface area (Å²) in [4.78, 5) is 38.4. The predicted molar refractivity (Wildman–Crippen MR) is 93.2 cm³/mol. The molecule has 0 aromatic heterocycles. The number of ketones is 1. The van der Waals surface area contributed by atoms with Crippen LogP contribution in [-0.2, 0) is 14.3 Å². The standard InChI is InChI=1S/C20H25NO4/c1-14-7-9-15(10-8-14)18(22)13-25-20(24)16-11-19(23)21(12-16)17-5-3-2-4-6-17/h7-10,16-17H,2-6,11-13H2,1H3/t16-/m0/s1. The molecular weight excluding hydrogens is 318 g/mol. The van der Waals surface area contributed by atoms with Crippen LogP contribution in [-0.4, -0.2) is 41.8 Å². The van der Waals surface area contributed by atoms with Crippen LogP contribution in [0, 0.1) is 12.8 Å². The molecule has 1 atom stereocenters. The van der Waals surface area contributed by atoms with E-state index in [4.69, 9.17) is 4.74 Å². The predicted octanol–water partition coefficient (Wildman–Crippen LogP) is 2.90. The van der Waals surface area contributed by atoms with Crippen LogP contribution in [0.15, 0.2) is 24.3 Å². The first-order valence-corrected chi connectivity index (χ1v) is 9.10. The number of rotatable bonds is 5. The number of hydrogen-bond donors (Lipinski definition) is 0. The molecule has 25 heavy (non-hydrogen) atoms. The van der Waals surface area contributed by atoms with Crippen molar-refractivity contribution < 1.29 is 19.1 Å². The van der Waals surface area contributed by atoms with E-state index in [0.29, 0.717) is 12.1 Å². The van der Waals surface area contributed by atoms with Gasteiger partial charge in [0.05, 0.1) is 5.92 Å². The summed E-state index contributed by atoms with van der Waals surface area (Å²) in [5.74, 6) is -1.06. The molecule has 1 heterocycles. The van der Waals surface area contributed by atoms with Crippen molar-refractivity contribution >= 4 is 17.7 Å². The van der Waals surface area contributed by atoms with Crippen LogP contribution in [0.5, 0.6) is 0 Å². The van der Waals surface area contributed by atoms with Gasteiger partial charge in [-0.1, -0.05) is 49.1 Å². The third kappa shape index (κ3) is 4.27. The number of hydrogen-bond acceptors (Lipinski definition) is 4. The van der Waals surface area contributed by atoms with Crippen molar-refractivity contribution in [3.63, 3.8) is 0 Å². The molecule has 1 aliphatic heterocycles. The quantitative estimate of drug-likeness (QED) is 0.609. The fraction of sp³-hybridized carbons (Fsp3) is 0.550. The maximum absolute atomic E-state index is 12.3. The summed E-state index contributed by atoms with van der Waals surface area (Å²) in [5.41, 5.74) is 1.60. The van der Waals surface area contributed by atoms with E-state index in [2.05, 4.69) is 0 Å². The van der Waals surface area contributed by atoms with E-state index in [9.17, 15) is 14.4 Å². The first kappa shape index (κ1) is 17.6. The van der Waals surface area contributed by atoms with Gasteiger partial charge in [-0.05, 0) is 19.8 Å². The minimum absolute atomic E-state index is 0.0405. The summed E-state index contributed by atoms with van der Waals surface area (Å²) < 4.78 is 5.19. The monoisotopic (exact) mass is 343 g/mol. The van der Waals surface area contributed by atoms with Gasteiger partial charge in [0, 0.05) is 24.6 Å². The Morgan fingerprint density at radius 2 is 1.80 bits per heavy atom. The highest BCUT2D eigenvalue weighted by molar-refractivity contribution is 5.98. The topological polar surface area (TPSA) is 63.7 Å². The zero-order valence-electron chi connectivity index (χ0n) is 14.7. The van der Waals surface area contributed by atoms with Gasteiger partial charge in [0.25, 0.3) is 0 Å². The molecule has 1 amide bonds. The molecule has 134 valence electrons. The third-order valence-corrected chi connectivity index (χ3v) is 5.23. The molecule has 3 rings (SSSR count). The zero-order chi connectivity index (χ0) is 17.8. The van der Waals surface area contributed by atoms with Crippen LogP contribution >= 0.6 is 0 Å². The number of likely N-dealkylation sites (tertiary alicyclic amines) is 1. The number of nitrogens with zero attached hydrogens (tertiary/aromatic N) is 1. The Morgan fingerprint density at radius 3 is 2.48 bits per heavy atom. The number of amides is 1. The van der Waals surface area contributed by atoms with Crippen molar-refractivity contribution in [1.82, 2.24) is 4.90 Å². The minimum Gasteiger partial charge on any atom is -0.457 e. The van der Waals surface area contributed by atoms with E-state index >= 15 is 0 Å². The molecule has 2 aliphatic rings. The van der Waals surface area contributed by atoms with E-state index in [1.165, 1.54) is 6.42 Å². The lowest BCUT2D eigenvalue weighted by molar-refractivity contribution is -0.147. The molecule has 5 heteroatoms. The van der Waals surface area contributed by atoms with Gasteiger partial charge < -0.3 is 9.64 Å². The Balaban J connectivity index is 1.50. The second-order valence-electron chi connectivity index (χ2n) is 7.14. The maximum Gasteiger partial charge on any atom is 0.311 e. The van der Waals surface area contributed by atoms with E-state index in [1.54, 1.807) is 12.1 Å². The number of carbonyl (C=O) groups is 3. The number of aryl methyl sites for hydroxylation is 1. The van der Waals surface area contributed by atoms with E-state index in [1.807, 2.05) is 24.0 Å². The number of esters is 1. The van der Waals surface area contributed by atoms with Gasteiger partial charge in [-0.2, -0.15) is 0 Å². The summed E-state index contributed by atoms with van der Waals surface area (Å²) in [6.45, 7) is 2.11. The van der Waals surface area contributed by atoms with Crippen LogP contribution in [0.1, 0.15) is 54.4 Å². The molecule has 1 aromatic carbocycles. The average molecular weight is 343 g/mol. The molecule has 2 fully saturated rings. The molecule has 0 spiro atoms. The second-order valence-corrected chi connectivity index (χ2v) is 7.14. The van der Waals surface area contributed by atoms with Gasteiger partial charge in [-0.25, -0.2) is 0 Å². The number of carbonyl (C=O) groups excluding carboxylic acids is 3. The summed E-state index contributed by atoms with van der Waals surface area (Å²) in [5, 5.41) is 0. The molecule has 0 bridgehead atoms. The fourth-order valence-corrected chi connectivity index (χ4v) is 3.71. The Kier molecular flexibility index (Phi) is 5.51. The molecule has 5 nitrogen and oxygen atoms in total. The van der Waals surface area contributed by atoms with Gasteiger partial charge >= 0.3 is 5.97 Å². The first-order valence-electron chi connectivity index (χ1n) is 9.10. The lowest BCUT2D eigenvalue weighted by Crippen LogP contribution is -2.38. The summed E-state index contributed by atoms with van der Waals surface area (Å²) in [7, 11) is 0. The Bertz CT molecular complexity index is 646. The summed E-state index contributed by atoms with van der Waals surface area (Å²) >= 11 is 0. The molecule has 1 saturated carbocycles. The molecular formula is C20H25NO4. The zero-order valence-corrected chi connectivity index (χ0v) is 14.7. The van der Waals surface area contributed by atoms with Crippen LogP contribution in [0.2, 0.25) is 0 Å². The third-order valence-electron chi connectivity index (χ3n) is 5.23. The Labute approximate surface area is 148 Å². The van der Waals surface area contributed by atoms with Crippen LogP contribution in [0.25, 0.3) is 0 Å². The molecule has 1 aromatic rings. The summed E-state index contributed by atoms with van der Waals surface area (Å²) in [6.07, 6.45) is 5.78. The molecule has 0 unspecified atom stereocenters. The van der Waals surface area contributed by atoms with Crippen molar-refractivity contribution in [2.75, 3.05) is 13.2 Å². The van der Waals surface area contributed by atoms with E-state index in [-0.39, 0.29) is 30.8 Å². The van der Waals surface area contributed by atoms with Crippen LogP contribution < -0.4 is 0 Å². The number of benzene rings is 1. The van der Waals surface area contributed by atoms with Crippen molar-refractivity contribution in [2.24, 2.45) is 5.92 Å². The van der Waals surface area contributed by atoms with Crippen LogP contribution in [0.3, 0.4) is 0 Å². The lowest BCUT2D eigenvalue weighted by atomic mass is 9.94. The van der Waals surface area contributed by atoms with Crippen LogP contribution in [0.4, 0.5) is 0 Å². The normalized spacial score (nSPS) is 21.4. The highest BCUT2D eigenvalue weighted by atomic mass is 16.5. The van der Waals surface area contributed by atoms with Crippen molar-refractivity contribution in [3.8, 4) is 0 Å². The van der Waals surface area contributed by atoms with E-state index < -0.39 is 11.9 Å². The largest absolute Gasteiger partial charge is 0.457 e. The molecule has 1 saturated heterocycles. The molecule has 0 radical (unpaired) electrons. The lowest BCUT2D eigenvalue weighted by Gasteiger charge is -2.31. The van der Waals surface area contributed by atoms with Crippen molar-refractivity contribution in [2.45, 2.75) is 51.5 Å². The van der Waals surface area contributed by atoms with Gasteiger partial charge in [-0.3, -0.25) is 14.4 Å². The minimum atomic E-state index is -0.444. The van der Waals surface area contributed by atoms with Gasteiger partial charge in [0.1, 0.15) is 0 Å². The van der Waals surface area contributed by atoms with Gasteiger partial charge in [0.15, 0.2) is 12.4 Å². The number of Topliss-reactive ketones (excluding diaryl/α,β-unsaturated/α-hetero) is 1. The average Bonchev–Trinajstić information content (AvgIpc) is 3.02. The molecule has 1 aliphatic carbocycles. The van der Waals surface area contributed by atoms with E-state index in [0.717, 1.165) is 31.2 Å². The SMILES string of the molecule is Cc1ccc(C(=O)COC(=O)[C@H]2CC(=O)N(C3CCCCC3)C2)cc1. The number of ether oxygens (including phenoxy) is 1. The van der Waals surface area contributed by atoms with Crippen molar-refractivity contribution in [3.05, 3.63) is 35.4 Å². The maximum atomic E-state index is 12.3. The van der Waals surface area contributed by atoms with Gasteiger partial charge in [-0.15, -0.1) is 0 Å². The first-order chi connectivity index (χ1) is 12.0. The Hall–Kier alpha value is -2.17. The highest BCUT2D eigenvalue weighted by Crippen LogP contribution is 2.29. The molecule has 0 N–H and O–H groups in total. The smallest absolute Gasteiger partial charge is 0.311 e. The van der Waals surface area contributed by atoms with Gasteiger partial charge in [0.2, 0.25) is 5.91 Å². The second kappa shape index (κ2) is 7.81. The van der Waals surface area contributed by atoms with Crippen molar-refractivity contribution in [1.29, 1.82) is 0 Å².